The Kier molecular flexibility index (Phi) is 2.93. The molecule has 3 rings (SSSR count). The number of nitrogens with zero attached hydrogens (tertiary/aromatic N) is 3. The minimum atomic E-state index is -0.162. The molecule has 1 aromatic heterocycles. The molecule has 0 radical (unpaired) electrons. The van der Waals surface area contributed by atoms with Crippen LogP contribution in [0.4, 0.5) is 0 Å². The summed E-state index contributed by atoms with van der Waals surface area (Å²) in [5.74, 6) is 1.85. The Hall–Kier alpha value is -0.900. The third-order valence-electron chi connectivity index (χ3n) is 4.98. The highest BCUT2D eigenvalue weighted by atomic mass is 16.3. The lowest BCUT2D eigenvalue weighted by molar-refractivity contribution is 0.0113. The molecule has 0 amide bonds. The number of aliphatic hydroxyl groups is 1. The molecule has 2 aliphatic rings. The molecule has 4 heteroatoms. The van der Waals surface area contributed by atoms with E-state index < -0.39 is 0 Å². The minimum absolute atomic E-state index is 0.162. The van der Waals surface area contributed by atoms with Gasteiger partial charge in [-0.1, -0.05) is 12.8 Å². The van der Waals surface area contributed by atoms with Gasteiger partial charge in [0.2, 0.25) is 0 Å². The number of hydrogen-bond donors (Lipinski definition) is 1. The Morgan fingerprint density at radius 3 is 2.56 bits per heavy atom. The molecule has 0 bridgehead atoms. The van der Waals surface area contributed by atoms with Crippen LogP contribution in [0, 0.1) is 19.3 Å². The van der Waals surface area contributed by atoms with Crippen molar-refractivity contribution in [3.05, 3.63) is 11.6 Å². The average molecular weight is 249 g/mol. The summed E-state index contributed by atoms with van der Waals surface area (Å²) in [6, 6.07) is 0.352. The smallest absolute Gasteiger partial charge is 0.147 e. The summed E-state index contributed by atoms with van der Waals surface area (Å²) >= 11 is 0. The quantitative estimate of drug-likeness (QED) is 0.832. The Bertz CT molecular complexity index is 434. The summed E-state index contributed by atoms with van der Waals surface area (Å²) in [6.07, 6.45) is 8.05. The normalized spacial score (nSPS) is 31.1. The second-order valence-electron chi connectivity index (χ2n) is 6.16. The molecule has 1 spiro atoms. The lowest BCUT2D eigenvalue weighted by atomic mass is 9.68. The number of aromatic nitrogens is 3. The summed E-state index contributed by atoms with van der Waals surface area (Å²) in [4.78, 5) is 4.44. The molecule has 100 valence electrons. The van der Waals surface area contributed by atoms with Gasteiger partial charge in [-0.15, -0.1) is 0 Å². The van der Waals surface area contributed by atoms with Crippen LogP contribution in [0.3, 0.4) is 0 Å². The molecule has 0 aliphatic heterocycles. The predicted molar refractivity (Wildman–Crippen MR) is 69.3 cm³/mol. The molecule has 1 N–H and O–H groups in total. The molecule has 1 aromatic rings. The SMILES string of the molecule is Cc1nc(C)n(C2CC(O)CCC23CCCC3)n1. The Morgan fingerprint density at radius 2 is 1.94 bits per heavy atom. The van der Waals surface area contributed by atoms with Gasteiger partial charge in [-0.25, -0.2) is 9.67 Å². The summed E-state index contributed by atoms with van der Waals surface area (Å²) in [5, 5.41) is 14.6. The number of rotatable bonds is 1. The molecule has 4 nitrogen and oxygen atoms in total. The number of hydrogen-bond acceptors (Lipinski definition) is 3. The first kappa shape index (κ1) is 12.2. The first-order valence-electron chi connectivity index (χ1n) is 7.18. The van der Waals surface area contributed by atoms with Gasteiger partial charge in [0.15, 0.2) is 0 Å². The third-order valence-corrected chi connectivity index (χ3v) is 4.98. The van der Waals surface area contributed by atoms with Crippen LogP contribution >= 0.6 is 0 Å². The van der Waals surface area contributed by atoms with Crippen LogP contribution in [-0.4, -0.2) is 26.0 Å². The van der Waals surface area contributed by atoms with Crippen LogP contribution in [0.1, 0.15) is 62.6 Å². The van der Waals surface area contributed by atoms with Gasteiger partial charge >= 0.3 is 0 Å². The maximum atomic E-state index is 10.0. The van der Waals surface area contributed by atoms with E-state index in [1.807, 2.05) is 13.8 Å². The van der Waals surface area contributed by atoms with E-state index in [0.717, 1.165) is 30.9 Å². The van der Waals surface area contributed by atoms with Gasteiger partial charge in [-0.05, 0) is 51.4 Å². The lowest BCUT2D eigenvalue weighted by Crippen LogP contribution is -2.39. The van der Waals surface area contributed by atoms with Crippen molar-refractivity contribution in [3.63, 3.8) is 0 Å². The van der Waals surface area contributed by atoms with Gasteiger partial charge in [-0.3, -0.25) is 0 Å². The first-order chi connectivity index (χ1) is 8.61. The molecule has 0 aromatic carbocycles. The Labute approximate surface area is 108 Å². The van der Waals surface area contributed by atoms with E-state index in [1.54, 1.807) is 0 Å². The largest absolute Gasteiger partial charge is 0.393 e. The van der Waals surface area contributed by atoms with Gasteiger partial charge in [0, 0.05) is 0 Å². The maximum absolute atomic E-state index is 10.0. The van der Waals surface area contributed by atoms with Crippen molar-refractivity contribution in [3.8, 4) is 0 Å². The maximum Gasteiger partial charge on any atom is 0.147 e. The van der Waals surface area contributed by atoms with Crippen molar-refractivity contribution in [2.24, 2.45) is 5.41 Å². The number of aryl methyl sites for hydroxylation is 2. The zero-order valence-electron chi connectivity index (χ0n) is 11.4. The van der Waals surface area contributed by atoms with Crippen molar-refractivity contribution in [2.75, 3.05) is 0 Å². The van der Waals surface area contributed by atoms with E-state index in [4.69, 9.17) is 0 Å². The fraction of sp³-hybridized carbons (Fsp3) is 0.857. The second kappa shape index (κ2) is 4.34. The Balaban J connectivity index is 1.97. The van der Waals surface area contributed by atoms with E-state index in [2.05, 4.69) is 14.8 Å². The zero-order valence-corrected chi connectivity index (χ0v) is 11.4. The highest BCUT2D eigenvalue weighted by molar-refractivity contribution is 5.01. The molecule has 2 atom stereocenters. The highest BCUT2D eigenvalue weighted by Gasteiger charge is 2.46. The minimum Gasteiger partial charge on any atom is -0.393 e. The molecule has 18 heavy (non-hydrogen) atoms. The molecule has 2 fully saturated rings. The summed E-state index contributed by atoms with van der Waals surface area (Å²) in [6.45, 7) is 3.98. The molecular weight excluding hydrogens is 226 g/mol. The summed E-state index contributed by atoms with van der Waals surface area (Å²) in [7, 11) is 0. The van der Waals surface area contributed by atoms with Gasteiger partial charge in [0.1, 0.15) is 11.6 Å². The van der Waals surface area contributed by atoms with E-state index in [9.17, 15) is 5.11 Å². The van der Waals surface area contributed by atoms with E-state index >= 15 is 0 Å². The van der Waals surface area contributed by atoms with Crippen molar-refractivity contribution < 1.29 is 5.11 Å². The molecular formula is C14H23N3O. The second-order valence-corrected chi connectivity index (χ2v) is 6.16. The van der Waals surface area contributed by atoms with Gasteiger partial charge in [-0.2, -0.15) is 5.10 Å². The van der Waals surface area contributed by atoms with Crippen molar-refractivity contribution in [1.29, 1.82) is 0 Å². The van der Waals surface area contributed by atoms with Crippen LogP contribution in [0.15, 0.2) is 0 Å². The van der Waals surface area contributed by atoms with Crippen LogP contribution < -0.4 is 0 Å². The third kappa shape index (κ3) is 1.87. The van der Waals surface area contributed by atoms with Crippen LogP contribution in [0.2, 0.25) is 0 Å². The lowest BCUT2D eigenvalue weighted by Gasteiger charge is -2.43. The highest BCUT2D eigenvalue weighted by Crippen LogP contribution is 2.54. The van der Waals surface area contributed by atoms with Crippen LogP contribution in [0.25, 0.3) is 0 Å². The van der Waals surface area contributed by atoms with Crippen LogP contribution in [0.5, 0.6) is 0 Å². The zero-order chi connectivity index (χ0) is 12.8. The Morgan fingerprint density at radius 1 is 1.22 bits per heavy atom. The van der Waals surface area contributed by atoms with E-state index in [0.29, 0.717) is 11.5 Å². The fourth-order valence-electron chi connectivity index (χ4n) is 4.10. The fourth-order valence-corrected chi connectivity index (χ4v) is 4.10. The average Bonchev–Trinajstić information content (AvgIpc) is 2.91. The molecule has 2 aliphatic carbocycles. The molecule has 2 unspecified atom stereocenters. The van der Waals surface area contributed by atoms with Gasteiger partial charge in [0.05, 0.1) is 12.1 Å². The van der Waals surface area contributed by atoms with Gasteiger partial charge in [0.25, 0.3) is 0 Å². The summed E-state index contributed by atoms with van der Waals surface area (Å²) < 4.78 is 2.10. The van der Waals surface area contributed by atoms with Crippen molar-refractivity contribution in [2.45, 2.75) is 70.9 Å². The predicted octanol–water partition coefficient (Wildman–Crippen LogP) is 2.54. The number of aliphatic hydroxyl groups excluding tert-OH is 1. The van der Waals surface area contributed by atoms with E-state index in [1.165, 1.54) is 25.7 Å². The monoisotopic (exact) mass is 249 g/mol. The van der Waals surface area contributed by atoms with Crippen LogP contribution in [-0.2, 0) is 0 Å². The van der Waals surface area contributed by atoms with Crippen molar-refractivity contribution in [1.82, 2.24) is 14.8 Å². The molecule has 1 heterocycles. The molecule has 0 saturated heterocycles. The van der Waals surface area contributed by atoms with Gasteiger partial charge < -0.3 is 5.11 Å². The standard InChI is InChI=1S/C14H23N3O/c1-10-15-11(2)17(16-10)13-9-12(18)5-8-14(13)6-3-4-7-14/h12-13,18H,3-9H2,1-2H3. The van der Waals surface area contributed by atoms with Crippen molar-refractivity contribution >= 4 is 0 Å². The summed E-state index contributed by atoms with van der Waals surface area (Å²) in [5.41, 5.74) is 0.379. The first-order valence-corrected chi connectivity index (χ1v) is 7.18. The topological polar surface area (TPSA) is 50.9 Å². The van der Waals surface area contributed by atoms with E-state index in [-0.39, 0.29) is 6.10 Å². The molecule has 2 saturated carbocycles.